The topological polar surface area (TPSA) is 105 Å². The zero-order valence-corrected chi connectivity index (χ0v) is 17.8. The summed E-state index contributed by atoms with van der Waals surface area (Å²) >= 11 is 0. The Morgan fingerprint density at radius 3 is 2.84 bits per heavy atom. The van der Waals surface area contributed by atoms with Crippen LogP contribution in [0.4, 0.5) is 0 Å². The van der Waals surface area contributed by atoms with Crippen LogP contribution >= 0.6 is 0 Å². The smallest absolute Gasteiger partial charge is 0.242 e. The molecular formula is C23H26N6O3. The molecule has 2 aliphatic rings. The average molecular weight is 435 g/mol. The van der Waals surface area contributed by atoms with Crippen LogP contribution in [-0.2, 0) is 35.6 Å². The number of fused-ring (bicyclic) bond motifs is 1. The fraction of sp³-hybridized carbons (Fsp3) is 0.391. The molecule has 2 aliphatic heterocycles. The van der Waals surface area contributed by atoms with Gasteiger partial charge < -0.3 is 19.6 Å². The normalized spacial score (nSPS) is 18.8. The zero-order chi connectivity index (χ0) is 21.9. The predicted molar refractivity (Wildman–Crippen MR) is 116 cm³/mol. The lowest BCUT2D eigenvalue weighted by atomic mass is 10.0. The number of benzene rings is 1. The quantitative estimate of drug-likeness (QED) is 0.609. The minimum absolute atomic E-state index is 0.0739. The molecular weight excluding hydrogens is 408 g/mol. The third-order valence-electron chi connectivity index (χ3n) is 6.13. The second kappa shape index (κ2) is 8.96. The van der Waals surface area contributed by atoms with Gasteiger partial charge in [-0.25, -0.2) is 0 Å². The standard InChI is InChI=1S/C23H26N6O3/c30-22-8-7-18(25-22)23(31)24-14-21-27-26-20-9-10-28(11-12-29(20)21)15-16-4-1-2-5-17(16)19-6-3-13-32-19/h1-6,13,18H,7-12,14-15H2,(H,24,31)(H,25,30)/t18-/m0/s1. The monoisotopic (exact) mass is 434 g/mol. The van der Waals surface area contributed by atoms with Crippen molar-refractivity contribution in [2.75, 3.05) is 13.1 Å². The van der Waals surface area contributed by atoms with Crippen LogP contribution in [0.1, 0.15) is 30.1 Å². The Balaban J connectivity index is 1.22. The average Bonchev–Trinajstić information content (AvgIpc) is 3.54. The summed E-state index contributed by atoms with van der Waals surface area (Å²) < 4.78 is 7.72. The molecule has 1 fully saturated rings. The summed E-state index contributed by atoms with van der Waals surface area (Å²) in [6.45, 7) is 3.63. The third-order valence-corrected chi connectivity index (χ3v) is 6.13. The maximum Gasteiger partial charge on any atom is 0.242 e. The van der Waals surface area contributed by atoms with Crippen molar-refractivity contribution in [3.8, 4) is 11.3 Å². The fourth-order valence-corrected chi connectivity index (χ4v) is 4.39. The Hall–Kier alpha value is -3.46. The van der Waals surface area contributed by atoms with Gasteiger partial charge in [-0.15, -0.1) is 10.2 Å². The van der Waals surface area contributed by atoms with Gasteiger partial charge in [-0.1, -0.05) is 24.3 Å². The first-order chi connectivity index (χ1) is 15.7. The van der Waals surface area contributed by atoms with Crippen molar-refractivity contribution >= 4 is 11.8 Å². The van der Waals surface area contributed by atoms with E-state index in [4.69, 9.17) is 4.42 Å². The second-order valence-corrected chi connectivity index (χ2v) is 8.22. The Labute approximate surface area is 185 Å². The van der Waals surface area contributed by atoms with E-state index in [1.54, 1.807) is 6.26 Å². The van der Waals surface area contributed by atoms with Gasteiger partial charge in [0.25, 0.3) is 0 Å². The highest BCUT2D eigenvalue weighted by atomic mass is 16.3. The molecule has 9 heteroatoms. The number of hydrogen-bond donors (Lipinski definition) is 2. The number of hydrogen-bond acceptors (Lipinski definition) is 6. The minimum Gasteiger partial charge on any atom is -0.464 e. The van der Waals surface area contributed by atoms with Crippen molar-refractivity contribution in [2.24, 2.45) is 0 Å². The van der Waals surface area contributed by atoms with Crippen LogP contribution < -0.4 is 10.6 Å². The van der Waals surface area contributed by atoms with Gasteiger partial charge in [-0.05, 0) is 24.1 Å². The van der Waals surface area contributed by atoms with Gasteiger partial charge in [0, 0.05) is 44.6 Å². The zero-order valence-electron chi connectivity index (χ0n) is 17.8. The number of carbonyl (C=O) groups excluding carboxylic acids is 2. The molecule has 2 amide bonds. The molecule has 9 nitrogen and oxygen atoms in total. The lowest BCUT2D eigenvalue weighted by Crippen LogP contribution is -2.41. The van der Waals surface area contributed by atoms with E-state index in [1.165, 1.54) is 5.56 Å². The van der Waals surface area contributed by atoms with E-state index in [-0.39, 0.29) is 11.8 Å². The number of nitrogens with one attached hydrogen (secondary N) is 2. The van der Waals surface area contributed by atoms with Gasteiger partial charge in [-0.3, -0.25) is 14.5 Å². The van der Waals surface area contributed by atoms with E-state index in [0.29, 0.717) is 19.4 Å². The third kappa shape index (κ3) is 4.29. The Bertz CT molecular complexity index is 1110. The van der Waals surface area contributed by atoms with Crippen LogP contribution in [0, 0.1) is 0 Å². The molecule has 166 valence electrons. The number of amides is 2. The molecule has 0 unspecified atom stereocenters. The summed E-state index contributed by atoms with van der Waals surface area (Å²) in [6.07, 6.45) is 3.43. The molecule has 5 rings (SSSR count). The number of rotatable bonds is 6. The Morgan fingerprint density at radius 1 is 1.12 bits per heavy atom. The molecule has 0 aliphatic carbocycles. The van der Waals surface area contributed by atoms with Gasteiger partial charge in [0.15, 0.2) is 5.82 Å². The van der Waals surface area contributed by atoms with E-state index >= 15 is 0 Å². The highest BCUT2D eigenvalue weighted by molar-refractivity contribution is 5.90. The van der Waals surface area contributed by atoms with Crippen molar-refractivity contribution in [1.82, 2.24) is 30.3 Å². The van der Waals surface area contributed by atoms with Crippen LogP contribution in [0.2, 0.25) is 0 Å². The Morgan fingerprint density at radius 2 is 2.03 bits per heavy atom. The molecule has 32 heavy (non-hydrogen) atoms. The largest absolute Gasteiger partial charge is 0.464 e. The van der Waals surface area contributed by atoms with Gasteiger partial charge in [0.2, 0.25) is 11.8 Å². The van der Waals surface area contributed by atoms with Crippen molar-refractivity contribution < 1.29 is 14.0 Å². The first-order valence-electron chi connectivity index (χ1n) is 11.0. The summed E-state index contributed by atoms with van der Waals surface area (Å²) in [5.41, 5.74) is 2.34. The molecule has 1 atom stereocenters. The van der Waals surface area contributed by atoms with E-state index in [9.17, 15) is 9.59 Å². The van der Waals surface area contributed by atoms with Crippen molar-refractivity contribution in [2.45, 2.75) is 44.9 Å². The molecule has 2 N–H and O–H groups in total. The number of aromatic nitrogens is 3. The van der Waals surface area contributed by atoms with E-state index in [0.717, 1.165) is 55.6 Å². The first kappa shape index (κ1) is 20.4. The molecule has 1 saturated heterocycles. The Kier molecular flexibility index (Phi) is 5.72. The van der Waals surface area contributed by atoms with Crippen molar-refractivity contribution in [3.63, 3.8) is 0 Å². The molecule has 0 saturated carbocycles. The maximum absolute atomic E-state index is 12.3. The lowest BCUT2D eigenvalue weighted by molar-refractivity contribution is -0.125. The van der Waals surface area contributed by atoms with Crippen LogP contribution in [0.5, 0.6) is 0 Å². The first-order valence-corrected chi connectivity index (χ1v) is 11.0. The molecule has 0 radical (unpaired) electrons. The fourth-order valence-electron chi connectivity index (χ4n) is 4.39. The number of nitrogens with zero attached hydrogens (tertiary/aromatic N) is 4. The van der Waals surface area contributed by atoms with Crippen LogP contribution in [-0.4, -0.2) is 50.6 Å². The van der Waals surface area contributed by atoms with Gasteiger partial charge >= 0.3 is 0 Å². The highest BCUT2D eigenvalue weighted by Crippen LogP contribution is 2.25. The van der Waals surface area contributed by atoms with Gasteiger partial charge in [-0.2, -0.15) is 0 Å². The van der Waals surface area contributed by atoms with Crippen LogP contribution in [0.15, 0.2) is 47.1 Å². The molecule has 0 bridgehead atoms. The maximum atomic E-state index is 12.3. The highest BCUT2D eigenvalue weighted by Gasteiger charge is 2.27. The second-order valence-electron chi connectivity index (χ2n) is 8.22. The SMILES string of the molecule is O=C1CC[C@@H](C(=O)NCc2nnc3n2CCN(Cc2ccccc2-c2ccco2)CC3)N1. The van der Waals surface area contributed by atoms with Gasteiger partial charge in [0.1, 0.15) is 17.6 Å². The lowest BCUT2D eigenvalue weighted by Gasteiger charge is -2.21. The summed E-state index contributed by atoms with van der Waals surface area (Å²) in [6, 6.07) is 11.8. The van der Waals surface area contributed by atoms with Crippen molar-refractivity contribution in [1.29, 1.82) is 0 Å². The number of furan rings is 1. The molecule has 3 aromatic rings. The van der Waals surface area contributed by atoms with Gasteiger partial charge in [0.05, 0.1) is 12.8 Å². The predicted octanol–water partition coefficient (Wildman–Crippen LogP) is 1.49. The van der Waals surface area contributed by atoms with E-state index < -0.39 is 6.04 Å². The summed E-state index contributed by atoms with van der Waals surface area (Å²) in [7, 11) is 0. The molecule has 1 aromatic carbocycles. The van der Waals surface area contributed by atoms with E-state index in [1.807, 2.05) is 18.2 Å². The number of carbonyl (C=O) groups is 2. The van der Waals surface area contributed by atoms with Crippen molar-refractivity contribution in [3.05, 3.63) is 59.9 Å². The van der Waals surface area contributed by atoms with Crippen LogP contribution in [0.25, 0.3) is 11.3 Å². The molecule has 4 heterocycles. The summed E-state index contributed by atoms with van der Waals surface area (Å²) in [5, 5.41) is 14.2. The molecule has 0 spiro atoms. The molecule has 2 aromatic heterocycles. The minimum atomic E-state index is -0.446. The summed E-state index contributed by atoms with van der Waals surface area (Å²) in [5.74, 6) is 2.32. The summed E-state index contributed by atoms with van der Waals surface area (Å²) in [4.78, 5) is 26.1. The van der Waals surface area contributed by atoms with Crippen LogP contribution in [0.3, 0.4) is 0 Å². The van der Waals surface area contributed by atoms with E-state index in [2.05, 4.69) is 48.5 Å².